The van der Waals surface area contributed by atoms with Crippen molar-refractivity contribution >= 4 is 40.9 Å². The van der Waals surface area contributed by atoms with Gasteiger partial charge in [-0.05, 0) is 36.4 Å². The minimum atomic E-state index is -0.343. The monoisotopic (exact) mass is 380 g/mol. The van der Waals surface area contributed by atoms with Gasteiger partial charge in [0.1, 0.15) is 0 Å². The first-order chi connectivity index (χ1) is 13.0. The molecule has 1 heterocycles. The van der Waals surface area contributed by atoms with Crippen molar-refractivity contribution in [3.63, 3.8) is 0 Å². The Balaban J connectivity index is 1.67. The number of anilines is 2. The van der Waals surface area contributed by atoms with Crippen LogP contribution in [0.2, 0.25) is 5.02 Å². The summed E-state index contributed by atoms with van der Waals surface area (Å²) < 4.78 is 1.73. The molecule has 0 unspecified atom stereocenters. The average molecular weight is 381 g/mol. The van der Waals surface area contributed by atoms with E-state index in [-0.39, 0.29) is 11.8 Å². The van der Waals surface area contributed by atoms with E-state index in [1.807, 2.05) is 36.5 Å². The second-order valence-corrected chi connectivity index (χ2v) is 6.16. The Bertz CT molecular complexity index is 996. The quantitative estimate of drug-likeness (QED) is 0.653. The summed E-state index contributed by atoms with van der Waals surface area (Å²) in [5, 5.41) is 9.99. The van der Waals surface area contributed by atoms with E-state index in [4.69, 9.17) is 11.6 Å². The highest BCUT2D eigenvalue weighted by molar-refractivity contribution is 6.34. The summed E-state index contributed by atoms with van der Waals surface area (Å²) in [6.07, 6.45) is 6.55. The van der Waals surface area contributed by atoms with E-state index in [9.17, 15) is 9.59 Å². The molecule has 0 bridgehead atoms. The zero-order valence-corrected chi connectivity index (χ0v) is 15.3. The molecule has 0 atom stereocenters. The van der Waals surface area contributed by atoms with E-state index in [0.29, 0.717) is 16.4 Å². The molecule has 2 amide bonds. The molecule has 0 radical (unpaired) electrons. The first-order valence-corrected chi connectivity index (χ1v) is 8.55. The summed E-state index contributed by atoms with van der Waals surface area (Å²) in [5.41, 5.74) is 2.68. The smallest absolute Gasteiger partial charge is 0.248 e. The predicted octanol–water partition coefficient (Wildman–Crippen LogP) is 4.14. The van der Waals surface area contributed by atoms with E-state index in [2.05, 4.69) is 15.7 Å². The van der Waals surface area contributed by atoms with Crippen molar-refractivity contribution in [3.8, 4) is 5.69 Å². The molecule has 0 saturated heterocycles. The van der Waals surface area contributed by atoms with Crippen LogP contribution in [0.25, 0.3) is 11.8 Å². The maximum atomic E-state index is 12.2. The van der Waals surface area contributed by atoms with Gasteiger partial charge < -0.3 is 10.6 Å². The highest BCUT2D eigenvalue weighted by Crippen LogP contribution is 2.25. The molecule has 3 rings (SSSR count). The van der Waals surface area contributed by atoms with Crippen molar-refractivity contribution in [2.45, 2.75) is 6.92 Å². The maximum absolute atomic E-state index is 12.2. The lowest BCUT2D eigenvalue weighted by Gasteiger charge is -2.08. The fraction of sp³-hybridized carbons (Fsp3) is 0.0500. The zero-order valence-electron chi connectivity index (χ0n) is 14.5. The number of para-hydroxylation sites is 1. The lowest BCUT2D eigenvalue weighted by molar-refractivity contribution is -0.114. The third kappa shape index (κ3) is 5.05. The normalized spacial score (nSPS) is 10.7. The fourth-order valence-electron chi connectivity index (χ4n) is 2.39. The second-order valence-electron chi connectivity index (χ2n) is 5.75. The minimum Gasteiger partial charge on any atom is -0.326 e. The van der Waals surface area contributed by atoms with Crippen molar-refractivity contribution in [3.05, 3.63) is 77.6 Å². The van der Waals surface area contributed by atoms with E-state index < -0.39 is 0 Å². The lowest BCUT2D eigenvalue weighted by Crippen LogP contribution is -2.10. The van der Waals surface area contributed by atoms with Crippen LogP contribution in [0.4, 0.5) is 11.4 Å². The van der Waals surface area contributed by atoms with E-state index >= 15 is 0 Å². The van der Waals surface area contributed by atoms with E-state index in [1.54, 1.807) is 35.2 Å². The lowest BCUT2D eigenvalue weighted by atomic mass is 10.2. The van der Waals surface area contributed by atoms with Gasteiger partial charge in [0.25, 0.3) is 0 Å². The molecule has 2 aromatic carbocycles. The third-order valence-electron chi connectivity index (χ3n) is 3.60. The molecule has 27 heavy (non-hydrogen) atoms. The van der Waals surface area contributed by atoms with Gasteiger partial charge in [-0.15, -0.1) is 0 Å². The van der Waals surface area contributed by atoms with Gasteiger partial charge in [-0.25, -0.2) is 4.68 Å². The van der Waals surface area contributed by atoms with Crippen molar-refractivity contribution in [2.24, 2.45) is 0 Å². The molecule has 6 nitrogen and oxygen atoms in total. The van der Waals surface area contributed by atoms with Crippen molar-refractivity contribution in [2.75, 3.05) is 10.6 Å². The van der Waals surface area contributed by atoms with Crippen LogP contribution in [0.3, 0.4) is 0 Å². The standard InChI is InChI=1S/C20H17ClN4O2/c1-14(26)23-16-8-9-18(21)19(11-16)24-20(27)10-7-15-12-22-25(13-15)17-5-3-2-4-6-17/h2-13H,1H3,(H,23,26)(H,24,27)/b10-7+. The van der Waals surface area contributed by atoms with Gasteiger partial charge in [-0.2, -0.15) is 5.10 Å². The molecule has 0 aliphatic rings. The van der Waals surface area contributed by atoms with Crippen LogP contribution in [0.15, 0.2) is 67.0 Å². The molecule has 1 aromatic heterocycles. The number of halogens is 1. The molecule has 7 heteroatoms. The maximum Gasteiger partial charge on any atom is 0.248 e. The number of carbonyl (C=O) groups is 2. The Kier molecular flexibility index (Phi) is 5.68. The number of rotatable bonds is 5. The van der Waals surface area contributed by atoms with Crippen molar-refractivity contribution in [1.29, 1.82) is 0 Å². The summed E-state index contributed by atoms with van der Waals surface area (Å²) in [6.45, 7) is 1.41. The SMILES string of the molecule is CC(=O)Nc1ccc(Cl)c(NC(=O)/C=C/c2cnn(-c3ccccc3)c2)c1. The van der Waals surface area contributed by atoms with Crippen LogP contribution in [-0.2, 0) is 9.59 Å². The number of carbonyl (C=O) groups excluding carboxylic acids is 2. The molecule has 0 aliphatic heterocycles. The molecule has 2 N–H and O–H groups in total. The molecule has 0 spiro atoms. The molecule has 0 fully saturated rings. The Morgan fingerprint density at radius 3 is 2.63 bits per heavy atom. The van der Waals surface area contributed by atoms with Gasteiger partial charge in [0, 0.05) is 30.4 Å². The first-order valence-electron chi connectivity index (χ1n) is 8.17. The predicted molar refractivity (Wildman–Crippen MR) is 107 cm³/mol. The number of hydrogen-bond acceptors (Lipinski definition) is 3. The molecule has 3 aromatic rings. The van der Waals surface area contributed by atoms with Crippen LogP contribution in [0.1, 0.15) is 12.5 Å². The largest absolute Gasteiger partial charge is 0.326 e. The Morgan fingerprint density at radius 1 is 1.11 bits per heavy atom. The zero-order chi connectivity index (χ0) is 19.2. The van der Waals surface area contributed by atoms with Gasteiger partial charge in [-0.3, -0.25) is 9.59 Å². The van der Waals surface area contributed by atoms with E-state index in [0.717, 1.165) is 11.3 Å². The summed E-state index contributed by atoms with van der Waals surface area (Å²) in [5.74, 6) is -0.547. The fourth-order valence-corrected chi connectivity index (χ4v) is 2.56. The number of benzene rings is 2. The summed E-state index contributed by atoms with van der Waals surface area (Å²) in [6, 6.07) is 14.5. The molecular weight excluding hydrogens is 364 g/mol. The highest BCUT2D eigenvalue weighted by Gasteiger charge is 2.06. The van der Waals surface area contributed by atoms with Crippen molar-refractivity contribution in [1.82, 2.24) is 9.78 Å². The van der Waals surface area contributed by atoms with Gasteiger partial charge in [0.15, 0.2) is 0 Å². The first kappa shape index (κ1) is 18.4. The molecule has 0 aliphatic carbocycles. The van der Waals surface area contributed by atoms with Crippen LogP contribution in [0, 0.1) is 0 Å². The topological polar surface area (TPSA) is 76.0 Å². The van der Waals surface area contributed by atoms with E-state index in [1.165, 1.54) is 13.0 Å². The van der Waals surface area contributed by atoms with Crippen molar-refractivity contribution < 1.29 is 9.59 Å². The third-order valence-corrected chi connectivity index (χ3v) is 3.92. The van der Waals surface area contributed by atoms with Crippen LogP contribution in [-0.4, -0.2) is 21.6 Å². The van der Waals surface area contributed by atoms with Gasteiger partial charge in [0.2, 0.25) is 11.8 Å². The Hall–Kier alpha value is -3.38. The second kappa shape index (κ2) is 8.33. The number of nitrogens with zero attached hydrogens (tertiary/aromatic N) is 2. The van der Waals surface area contributed by atoms with Gasteiger partial charge in [-0.1, -0.05) is 29.8 Å². The summed E-state index contributed by atoms with van der Waals surface area (Å²) in [7, 11) is 0. The Morgan fingerprint density at radius 2 is 1.89 bits per heavy atom. The number of amides is 2. The average Bonchev–Trinajstić information content (AvgIpc) is 3.12. The van der Waals surface area contributed by atoms with Gasteiger partial charge in [0.05, 0.1) is 22.6 Å². The highest BCUT2D eigenvalue weighted by atomic mass is 35.5. The van der Waals surface area contributed by atoms with Crippen LogP contribution < -0.4 is 10.6 Å². The number of aromatic nitrogens is 2. The Labute approximate surface area is 161 Å². The molecule has 0 saturated carbocycles. The number of hydrogen-bond donors (Lipinski definition) is 2. The molecule has 136 valence electrons. The summed E-state index contributed by atoms with van der Waals surface area (Å²) in [4.78, 5) is 23.3. The number of nitrogens with one attached hydrogen (secondary N) is 2. The molecular formula is C20H17ClN4O2. The summed E-state index contributed by atoms with van der Waals surface area (Å²) >= 11 is 6.10. The van der Waals surface area contributed by atoms with Gasteiger partial charge >= 0.3 is 0 Å². The van der Waals surface area contributed by atoms with Crippen LogP contribution >= 0.6 is 11.6 Å². The van der Waals surface area contributed by atoms with Crippen LogP contribution in [0.5, 0.6) is 0 Å². The minimum absolute atomic E-state index is 0.204.